The molecule has 2 N–H and O–H groups in total. The lowest BCUT2D eigenvalue weighted by molar-refractivity contribution is -0.932. The lowest BCUT2D eigenvalue weighted by Crippen LogP contribution is -3.18. The molecule has 1 saturated heterocycles. The van der Waals surface area contributed by atoms with E-state index in [0.29, 0.717) is 6.61 Å². The number of aliphatic hydroxyl groups excluding tert-OH is 1. The molecule has 6 heteroatoms. The van der Waals surface area contributed by atoms with Gasteiger partial charge in [0.2, 0.25) is 0 Å². The van der Waals surface area contributed by atoms with Gasteiger partial charge in [-0.3, -0.25) is 4.90 Å². The number of benzene rings is 2. The molecule has 3 atom stereocenters. The second kappa shape index (κ2) is 9.61. The summed E-state index contributed by atoms with van der Waals surface area (Å²) in [6.07, 6.45) is -0.340. The molecule has 0 aromatic heterocycles. The van der Waals surface area contributed by atoms with Crippen molar-refractivity contribution in [3.05, 3.63) is 60.2 Å². The predicted molar refractivity (Wildman–Crippen MR) is 104 cm³/mol. The van der Waals surface area contributed by atoms with Gasteiger partial charge in [0.25, 0.3) is 0 Å². The van der Waals surface area contributed by atoms with Crippen molar-refractivity contribution in [1.29, 1.82) is 0 Å². The summed E-state index contributed by atoms with van der Waals surface area (Å²) in [6.45, 7) is 7.75. The molecule has 2 aliphatic rings. The minimum atomic E-state index is -0.417. The number of quaternary nitrogens is 1. The highest BCUT2D eigenvalue weighted by Crippen LogP contribution is 2.31. The first-order valence-corrected chi connectivity index (χ1v) is 9.89. The Morgan fingerprint density at radius 3 is 2.39 bits per heavy atom. The number of rotatable bonds is 5. The minimum Gasteiger partial charge on any atom is -1.00 e. The number of nitrogens with one attached hydrogen (secondary N) is 1. The van der Waals surface area contributed by atoms with E-state index in [0.717, 1.165) is 49.8 Å². The molecule has 0 aliphatic carbocycles. The molecule has 0 radical (unpaired) electrons. The molecule has 3 unspecified atom stereocenters. The van der Waals surface area contributed by atoms with Gasteiger partial charge in [0, 0.05) is 19.6 Å². The third-order valence-electron chi connectivity index (χ3n) is 5.79. The van der Waals surface area contributed by atoms with E-state index in [-0.39, 0.29) is 24.6 Å². The molecule has 5 nitrogen and oxygen atoms in total. The van der Waals surface area contributed by atoms with E-state index < -0.39 is 6.10 Å². The van der Waals surface area contributed by atoms with Crippen molar-refractivity contribution < 1.29 is 31.9 Å². The minimum absolute atomic E-state index is 0. The summed E-state index contributed by atoms with van der Waals surface area (Å²) >= 11 is 0. The summed E-state index contributed by atoms with van der Waals surface area (Å²) < 4.78 is 11.9. The first-order chi connectivity index (χ1) is 13.2. The van der Waals surface area contributed by atoms with Crippen molar-refractivity contribution >= 4 is 0 Å². The Hall–Kier alpha value is -1.79. The smallest absolute Gasteiger partial charge is 0.161 e. The highest BCUT2D eigenvalue weighted by molar-refractivity contribution is 5.40. The Balaban J connectivity index is 0.00000225. The van der Waals surface area contributed by atoms with Gasteiger partial charge in [-0.2, -0.15) is 0 Å². The van der Waals surface area contributed by atoms with E-state index in [1.165, 1.54) is 4.90 Å². The average Bonchev–Trinajstić information content (AvgIpc) is 2.74. The summed E-state index contributed by atoms with van der Waals surface area (Å²) in [4.78, 5) is 3.92. The molecule has 4 rings (SSSR count). The van der Waals surface area contributed by atoms with Crippen molar-refractivity contribution in [2.24, 2.45) is 0 Å². The molecule has 2 aliphatic heterocycles. The molecule has 152 valence electrons. The fourth-order valence-corrected chi connectivity index (χ4v) is 4.08. The number of fused-ring (bicyclic) bond motifs is 1. The number of hydrogen-bond donors (Lipinski definition) is 2. The second-order valence-corrected chi connectivity index (χ2v) is 7.60. The van der Waals surface area contributed by atoms with E-state index in [4.69, 9.17) is 9.47 Å². The van der Waals surface area contributed by atoms with Gasteiger partial charge in [-0.1, -0.05) is 42.5 Å². The van der Waals surface area contributed by atoms with Crippen molar-refractivity contribution in [1.82, 2.24) is 4.90 Å². The van der Waals surface area contributed by atoms with E-state index in [9.17, 15) is 5.11 Å². The van der Waals surface area contributed by atoms with E-state index in [1.54, 1.807) is 0 Å². The van der Waals surface area contributed by atoms with Gasteiger partial charge in [0.1, 0.15) is 24.9 Å². The number of nitrogens with zero attached hydrogens (tertiary/aromatic N) is 1. The maximum atomic E-state index is 10.7. The lowest BCUT2D eigenvalue weighted by atomic mass is 10.0. The van der Waals surface area contributed by atoms with E-state index in [2.05, 4.69) is 11.8 Å². The van der Waals surface area contributed by atoms with Crippen LogP contribution in [-0.4, -0.2) is 61.5 Å². The first-order valence-electron chi connectivity index (χ1n) is 9.89. The molecule has 0 amide bonds. The Kier molecular flexibility index (Phi) is 7.18. The monoisotopic (exact) mass is 404 g/mol. The van der Waals surface area contributed by atoms with Crippen molar-refractivity contribution in [2.45, 2.75) is 25.2 Å². The molecule has 0 bridgehead atoms. The standard InChI is InChI=1S/C22H28N2O3.ClH/c1-17(22(25)18-7-3-2-4-8-18)24-13-11-23(12-14-24)15-19-16-26-20-9-5-6-10-21(20)27-19;/h2-10,17,19,22,25H,11-16H2,1H3;1H. The number of hydrogen-bond acceptors (Lipinski definition) is 4. The molecular formula is C22H29ClN2O3. The summed E-state index contributed by atoms with van der Waals surface area (Å²) in [6, 6.07) is 18.0. The van der Waals surface area contributed by atoms with Gasteiger partial charge in [-0.25, -0.2) is 0 Å². The highest BCUT2D eigenvalue weighted by atomic mass is 35.5. The lowest BCUT2D eigenvalue weighted by Gasteiger charge is -2.38. The fraction of sp³-hybridized carbons (Fsp3) is 0.455. The van der Waals surface area contributed by atoms with Crippen LogP contribution in [0, 0.1) is 0 Å². The normalized spacial score (nSPS) is 22.1. The van der Waals surface area contributed by atoms with Crippen LogP contribution in [0.15, 0.2) is 54.6 Å². The SMILES string of the molecule is CC(C(O)c1ccccc1)[NH+]1CCN(CC2COc3ccccc3O2)CC1.[Cl-]. The summed E-state index contributed by atoms with van der Waals surface area (Å²) in [7, 11) is 0. The second-order valence-electron chi connectivity index (χ2n) is 7.60. The van der Waals surface area contributed by atoms with Crippen LogP contribution in [0.5, 0.6) is 11.5 Å². The van der Waals surface area contributed by atoms with Crippen molar-refractivity contribution in [2.75, 3.05) is 39.3 Å². The van der Waals surface area contributed by atoms with Crippen LogP contribution in [-0.2, 0) is 0 Å². The third kappa shape index (κ3) is 4.78. The molecule has 0 saturated carbocycles. The average molecular weight is 405 g/mol. The van der Waals surface area contributed by atoms with E-state index >= 15 is 0 Å². The quantitative estimate of drug-likeness (QED) is 0.614. The van der Waals surface area contributed by atoms with Crippen molar-refractivity contribution in [3.8, 4) is 11.5 Å². The van der Waals surface area contributed by atoms with Crippen LogP contribution in [0.2, 0.25) is 0 Å². The zero-order valence-corrected chi connectivity index (χ0v) is 17.0. The van der Waals surface area contributed by atoms with E-state index in [1.807, 2.05) is 54.6 Å². The maximum absolute atomic E-state index is 10.7. The predicted octanol–water partition coefficient (Wildman–Crippen LogP) is -1.85. The number of aliphatic hydroxyl groups is 1. The molecular weight excluding hydrogens is 376 g/mol. The van der Waals surface area contributed by atoms with Crippen LogP contribution >= 0.6 is 0 Å². The first kappa shape index (κ1) is 20.9. The Morgan fingerprint density at radius 1 is 1.04 bits per heavy atom. The Morgan fingerprint density at radius 2 is 1.68 bits per heavy atom. The van der Waals surface area contributed by atoms with Gasteiger partial charge in [-0.05, 0) is 24.6 Å². The highest BCUT2D eigenvalue weighted by Gasteiger charge is 2.31. The van der Waals surface area contributed by atoms with Gasteiger partial charge < -0.3 is 31.9 Å². The number of halogens is 1. The van der Waals surface area contributed by atoms with Crippen LogP contribution in [0.3, 0.4) is 0 Å². The molecule has 0 spiro atoms. The summed E-state index contributed by atoms with van der Waals surface area (Å²) in [5.41, 5.74) is 1.01. The molecule has 2 heterocycles. The number of ether oxygens (including phenoxy) is 2. The molecule has 2 aromatic rings. The molecule has 1 fully saturated rings. The fourth-order valence-electron chi connectivity index (χ4n) is 4.08. The topological polar surface area (TPSA) is 46.4 Å². The number of piperazine rings is 1. The Labute approximate surface area is 173 Å². The van der Waals surface area contributed by atoms with Gasteiger partial charge in [0.05, 0.1) is 13.1 Å². The van der Waals surface area contributed by atoms with Crippen LogP contribution in [0.25, 0.3) is 0 Å². The summed E-state index contributed by atoms with van der Waals surface area (Å²) in [5.74, 6) is 1.68. The van der Waals surface area contributed by atoms with Crippen LogP contribution in [0.4, 0.5) is 0 Å². The Bertz CT molecular complexity index is 738. The van der Waals surface area contributed by atoms with Gasteiger partial charge in [-0.15, -0.1) is 0 Å². The summed E-state index contributed by atoms with van der Waals surface area (Å²) in [5, 5.41) is 10.7. The van der Waals surface area contributed by atoms with Gasteiger partial charge in [0.15, 0.2) is 11.5 Å². The zero-order chi connectivity index (χ0) is 18.6. The van der Waals surface area contributed by atoms with Crippen LogP contribution < -0.4 is 26.8 Å². The van der Waals surface area contributed by atoms with Crippen LogP contribution in [0.1, 0.15) is 18.6 Å². The molecule has 2 aromatic carbocycles. The van der Waals surface area contributed by atoms with Crippen molar-refractivity contribution in [3.63, 3.8) is 0 Å². The largest absolute Gasteiger partial charge is 1.00 e. The maximum Gasteiger partial charge on any atom is 0.161 e. The third-order valence-corrected chi connectivity index (χ3v) is 5.79. The molecule has 28 heavy (non-hydrogen) atoms. The van der Waals surface area contributed by atoms with Gasteiger partial charge >= 0.3 is 0 Å². The number of para-hydroxylation sites is 2. The zero-order valence-electron chi connectivity index (χ0n) is 16.3.